The molecule has 4 rings (SSSR count). The molecule has 0 unspecified atom stereocenters. The van der Waals surface area contributed by atoms with Gasteiger partial charge in [-0.2, -0.15) is 5.10 Å². The zero-order valence-corrected chi connectivity index (χ0v) is 21.4. The molecular formula is C25H33N7O4. The van der Waals surface area contributed by atoms with Gasteiger partial charge in [0.2, 0.25) is 5.91 Å². The average molecular weight is 496 g/mol. The Labute approximate surface area is 209 Å². The van der Waals surface area contributed by atoms with Gasteiger partial charge >= 0.3 is 6.09 Å². The molecule has 1 aliphatic rings. The lowest BCUT2D eigenvalue weighted by Crippen LogP contribution is -2.41. The summed E-state index contributed by atoms with van der Waals surface area (Å²) < 4.78 is 8.54. The fourth-order valence-electron chi connectivity index (χ4n) is 4.32. The fourth-order valence-corrected chi connectivity index (χ4v) is 4.32. The highest BCUT2D eigenvalue weighted by Crippen LogP contribution is 2.30. The molecule has 11 nitrogen and oxygen atoms in total. The second-order valence-corrected chi connectivity index (χ2v) is 10.4. The number of aromatic nitrogens is 5. The Hall–Kier alpha value is -3.76. The number of carbonyl (C=O) groups excluding carboxylic acids is 2. The van der Waals surface area contributed by atoms with E-state index < -0.39 is 11.5 Å². The van der Waals surface area contributed by atoms with Crippen molar-refractivity contribution >= 4 is 23.3 Å². The maximum atomic E-state index is 13.3. The number of rotatable bonds is 5. The third-order valence-corrected chi connectivity index (χ3v) is 6.04. The van der Waals surface area contributed by atoms with E-state index in [9.17, 15) is 14.4 Å². The molecular weight excluding hydrogens is 462 g/mol. The van der Waals surface area contributed by atoms with Crippen molar-refractivity contribution in [2.45, 2.75) is 71.4 Å². The summed E-state index contributed by atoms with van der Waals surface area (Å²) in [6.07, 6.45) is 6.08. The molecule has 0 atom stereocenters. The molecule has 0 saturated carbocycles. The second-order valence-electron chi connectivity index (χ2n) is 10.4. The highest BCUT2D eigenvalue weighted by atomic mass is 16.6. The van der Waals surface area contributed by atoms with Crippen molar-refractivity contribution in [3.8, 4) is 0 Å². The van der Waals surface area contributed by atoms with Gasteiger partial charge in [0.1, 0.15) is 35.6 Å². The Bertz CT molecular complexity index is 1300. The standard InChI is InChI=1S/C25H33N7O4/c1-16(2)22-29-32(14-21(33)28-20-6-9-26-15-27-20)23(34)19-12-18(13-31(19)22)17-7-10-30(11-8-17)24(35)36-25(3,4)5/h6,9,12-13,15-17H,7-8,10-11,14H2,1-5H3,(H,26,27,28,33). The molecule has 2 amide bonds. The Morgan fingerprint density at radius 3 is 2.56 bits per heavy atom. The topological polar surface area (TPSA) is 124 Å². The smallest absolute Gasteiger partial charge is 0.410 e. The van der Waals surface area contributed by atoms with Gasteiger partial charge in [0.25, 0.3) is 5.56 Å². The minimum Gasteiger partial charge on any atom is -0.444 e. The number of fused-ring (bicyclic) bond motifs is 1. The molecule has 1 aliphatic heterocycles. The zero-order valence-electron chi connectivity index (χ0n) is 21.4. The SMILES string of the molecule is CC(C)c1nn(CC(=O)Nc2ccncn2)c(=O)c2cc(C3CCN(C(=O)OC(C)(C)C)CC3)cn12. The van der Waals surface area contributed by atoms with E-state index in [1.807, 2.05) is 51.3 Å². The van der Waals surface area contributed by atoms with Crippen molar-refractivity contribution in [3.63, 3.8) is 0 Å². The summed E-state index contributed by atoms with van der Waals surface area (Å²) in [6, 6.07) is 3.47. The Balaban J connectivity index is 1.54. The molecule has 4 heterocycles. The van der Waals surface area contributed by atoms with Crippen molar-refractivity contribution in [2.24, 2.45) is 0 Å². The largest absolute Gasteiger partial charge is 0.444 e. The number of amides is 2. The molecule has 3 aromatic rings. The fraction of sp³-hybridized carbons (Fsp3) is 0.520. The third kappa shape index (κ3) is 5.72. The monoisotopic (exact) mass is 495 g/mol. The summed E-state index contributed by atoms with van der Waals surface area (Å²) in [5.74, 6) is 0.882. The first kappa shape index (κ1) is 25.3. The molecule has 1 saturated heterocycles. The van der Waals surface area contributed by atoms with E-state index in [1.54, 1.807) is 11.0 Å². The van der Waals surface area contributed by atoms with Crippen LogP contribution in [0.25, 0.3) is 5.52 Å². The number of likely N-dealkylation sites (tertiary alicyclic amines) is 1. The van der Waals surface area contributed by atoms with E-state index in [-0.39, 0.29) is 30.0 Å². The highest BCUT2D eigenvalue weighted by Gasteiger charge is 2.28. The molecule has 0 bridgehead atoms. The van der Waals surface area contributed by atoms with E-state index in [0.717, 1.165) is 18.4 Å². The van der Waals surface area contributed by atoms with E-state index in [2.05, 4.69) is 20.4 Å². The average Bonchev–Trinajstić information content (AvgIpc) is 3.26. The van der Waals surface area contributed by atoms with E-state index in [1.165, 1.54) is 17.2 Å². The third-order valence-electron chi connectivity index (χ3n) is 6.04. The summed E-state index contributed by atoms with van der Waals surface area (Å²) in [5, 5.41) is 7.17. The summed E-state index contributed by atoms with van der Waals surface area (Å²) >= 11 is 0. The maximum absolute atomic E-state index is 13.3. The molecule has 36 heavy (non-hydrogen) atoms. The van der Waals surface area contributed by atoms with Crippen LogP contribution in [0.5, 0.6) is 0 Å². The molecule has 11 heteroatoms. The molecule has 0 radical (unpaired) electrons. The molecule has 0 spiro atoms. The van der Waals surface area contributed by atoms with Crippen molar-refractivity contribution in [1.29, 1.82) is 0 Å². The molecule has 0 aromatic carbocycles. The second kappa shape index (κ2) is 10.1. The number of carbonyl (C=O) groups is 2. The first-order valence-corrected chi connectivity index (χ1v) is 12.2. The van der Waals surface area contributed by atoms with Crippen LogP contribution in [0.3, 0.4) is 0 Å². The predicted octanol–water partition coefficient (Wildman–Crippen LogP) is 3.16. The van der Waals surface area contributed by atoms with Crippen LogP contribution in [0.2, 0.25) is 0 Å². The first-order chi connectivity index (χ1) is 17.0. The molecule has 1 N–H and O–H groups in total. The normalized spacial score (nSPS) is 14.9. The van der Waals surface area contributed by atoms with Crippen molar-refractivity contribution in [2.75, 3.05) is 18.4 Å². The number of nitrogens with zero attached hydrogens (tertiary/aromatic N) is 6. The number of hydrogen-bond donors (Lipinski definition) is 1. The van der Waals surface area contributed by atoms with Gasteiger partial charge in [-0.15, -0.1) is 0 Å². The van der Waals surface area contributed by atoms with Crippen LogP contribution in [0, 0.1) is 0 Å². The minimum absolute atomic E-state index is 0.0264. The number of nitrogens with one attached hydrogen (secondary N) is 1. The summed E-state index contributed by atoms with van der Waals surface area (Å²) in [7, 11) is 0. The summed E-state index contributed by atoms with van der Waals surface area (Å²) in [4.78, 5) is 47.8. The minimum atomic E-state index is -0.528. The number of anilines is 1. The predicted molar refractivity (Wildman–Crippen MR) is 134 cm³/mol. The molecule has 192 valence electrons. The van der Waals surface area contributed by atoms with Gasteiger partial charge in [-0.1, -0.05) is 13.8 Å². The van der Waals surface area contributed by atoms with Gasteiger partial charge in [0, 0.05) is 31.4 Å². The van der Waals surface area contributed by atoms with Crippen molar-refractivity contribution < 1.29 is 14.3 Å². The van der Waals surface area contributed by atoms with Crippen LogP contribution in [0.4, 0.5) is 10.6 Å². The van der Waals surface area contributed by atoms with Crippen molar-refractivity contribution in [3.05, 3.63) is 52.6 Å². The van der Waals surface area contributed by atoms with E-state index >= 15 is 0 Å². The Morgan fingerprint density at radius 1 is 1.22 bits per heavy atom. The number of piperidine rings is 1. The van der Waals surface area contributed by atoms with Gasteiger partial charge in [0.05, 0.1) is 0 Å². The van der Waals surface area contributed by atoms with Gasteiger partial charge in [-0.3, -0.25) is 14.0 Å². The van der Waals surface area contributed by atoms with Crippen LogP contribution >= 0.6 is 0 Å². The van der Waals surface area contributed by atoms with Crippen LogP contribution in [-0.2, 0) is 16.1 Å². The number of hydrogen-bond acceptors (Lipinski definition) is 7. The van der Waals surface area contributed by atoms with Crippen molar-refractivity contribution in [1.82, 2.24) is 29.0 Å². The van der Waals surface area contributed by atoms with Gasteiger partial charge < -0.3 is 15.0 Å². The van der Waals surface area contributed by atoms with Gasteiger partial charge in [-0.05, 0) is 57.2 Å². The number of ether oxygens (including phenoxy) is 1. The van der Waals surface area contributed by atoms with Crippen LogP contribution in [0.1, 0.15) is 70.7 Å². The lowest BCUT2D eigenvalue weighted by molar-refractivity contribution is -0.117. The van der Waals surface area contributed by atoms with Crippen LogP contribution < -0.4 is 10.9 Å². The lowest BCUT2D eigenvalue weighted by Gasteiger charge is -2.33. The molecule has 3 aromatic heterocycles. The Morgan fingerprint density at radius 2 is 1.94 bits per heavy atom. The van der Waals surface area contributed by atoms with Gasteiger partial charge in [-0.25, -0.2) is 19.4 Å². The zero-order chi connectivity index (χ0) is 26.0. The van der Waals surface area contributed by atoms with Gasteiger partial charge in [0.15, 0.2) is 0 Å². The van der Waals surface area contributed by atoms with E-state index in [0.29, 0.717) is 30.2 Å². The first-order valence-electron chi connectivity index (χ1n) is 12.2. The summed E-state index contributed by atoms with van der Waals surface area (Å²) in [6.45, 7) is 10.5. The Kier molecular flexibility index (Phi) is 7.09. The van der Waals surface area contributed by atoms with Crippen LogP contribution in [0.15, 0.2) is 35.6 Å². The van der Waals surface area contributed by atoms with E-state index in [4.69, 9.17) is 4.74 Å². The van der Waals surface area contributed by atoms with Crippen LogP contribution in [-0.4, -0.2) is 59.7 Å². The quantitative estimate of drug-likeness (QED) is 0.577. The highest BCUT2D eigenvalue weighted by molar-refractivity contribution is 5.89. The maximum Gasteiger partial charge on any atom is 0.410 e. The molecule has 0 aliphatic carbocycles. The summed E-state index contributed by atoms with van der Waals surface area (Å²) in [5.41, 5.74) is 0.644. The molecule has 1 fully saturated rings. The lowest BCUT2D eigenvalue weighted by atomic mass is 9.91.